The smallest absolute Gasteiger partial charge is 0.368 e. The maximum atomic E-state index is 13.5. The second-order valence-corrected chi connectivity index (χ2v) is 10.9. The van der Waals surface area contributed by atoms with Crippen molar-refractivity contribution < 1.29 is 22.8 Å². The van der Waals surface area contributed by atoms with Gasteiger partial charge in [-0.25, -0.2) is 0 Å². The van der Waals surface area contributed by atoms with E-state index in [0.717, 1.165) is 28.6 Å². The largest absolute Gasteiger partial charge is 0.401 e. The van der Waals surface area contributed by atoms with Crippen molar-refractivity contribution in [2.45, 2.75) is 65.2 Å². The number of halogens is 3. The SMILES string of the molecule is CCN(c1c(C)c(C(=O)NCC2C(=O)NC(C)CC2C)cc2c1cnn2C)C1CCN(CC(F)(F)F)CC1. The highest BCUT2D eigenvalue weighted by molar-refractivity contribution is 6.05. The predicted octanol–water partition coefficient (Wildman–Crippen LogP) is 3.63. The molecule has 210 valence electrons. The van der Waals surface area contributed by atoms with Gasteiger partial charge in [0.25, 0.3) is 5.91 Å². The molecule has 3 unspecified atom stereocenters. The van der Waals surface area contributed by atoms with E-state index in [1.54, 1.807) is 10.9 Å². The van der Waals surface area contributed by atoms with E-state index in [2.05, 4.69) is 20.6 Å². The second kappa shape index (κ2) is 11.1. The number of carbonyl (C=O) groups is 2. The monoisotopic (exact) mass is 536 g/mol. The van der Waals surface area contributed by atoms with Gasteiger partial charge in [-0.15, -0.1) is 0 Å². The van der Waals surface area contributed by atoms with Crippen molar-refractivity contribution in [2.24, 2.45) is 18.9 Å². The second-order valence-electron chi connectivity index (χ2n) is 10.9. The van der Waals surface area contributed by atoms with Gasteiger partial charge in [-0.05, 0) is 57.6 Å². The van der Waals surface area contributed by atoms with Crippen LogP contribution in [0.25, 0.3) is 10.9 Å². The number of likely N-dealkylation sites (tertiary alicyclic amines) is 1. The fraction of sp³-hybridized carbons (Fsp3) is 0.667. The Morgan fingerprint density at radius 3 is 2.55 bits per heavy atom. The maximum Gasteiger partial charge on any atom is 0.401 e. The molecule has 1 aromatic heterocycles. The van der Waals surface area contributed by atoms with Crippen molar-refractivity contribution in [3.05, 3.63) is 23.4 Å². The zero-order chi connectivity index (χ0) is 27.8. The van der Waals surface area contributed by atoms with Crippen molar-refractivity contribution in [1.29, 1.82) is 0 Å². The molecule has 0 radical (unpaired) electrons. The molecule has 38 heavy (non-hydrogen) atoms. The van der Waals surface area contributed by atoms with E-state index in [-0.39, 0.29) is 42.3 Å². The standard InChI is InChI=1S/C27H39F3N6O2/c1-6-36(19-7-9-35(10-8-19)15-27(28,29)30)24-18(4)20(12-23-22(24)14-32-34(23)5)25(37)31-13-21-16(2)11-17(3)33-26(21)38/h12,14,16-17,19,21H,6-11,13,15H2,1-5H3,(H,31,37)(H,33,38). The molecule has 4 rings (SSSR count). The Morgan fingerprint density at radius 1 is 1.26 bits per heavy atom. The van der Waals surface area contributed by atoms with E-state index in [9.17, 15) is 22.8 Å². The van der Waals surface area contributed by atoms with Gasteiger partial charge in [0, 0.05) is 56.3 Å². The molecule has 0 bridgehead atoms. The highest BCUT2D eigenvalue weighted by Crippen LogP contribution is 2.36. The number of benzene rings is 1. The van der Waals surface area contributed by atoms with Crippen LogP contribution in [0.1, 0.15) is 56.0 Å². The first-order valence-corrected chi connectivity index (χ1v) is 13.5. The Hall–Kier alpha value is -2.82. The van der Waals surface area contributed by atoms with Crippen LogP contribution in [-0.2, 0) is 11.8 Å². The van der Waals surface area contributed by atoms with Gasteiger partial charge >= 0.3 is 6.18 Å². The van der Waals surface area contributed by atoms with E-state index in [1.807, 2.05) is 40.8 Å². The Balaban J connectivity index is 1.58. The number of fused-ring (bicyclic) bond motifs is 1. The quantitative estimate of drug-likeness (QED) is 0.565. The number of rotatable bonds is 7. The molecule has 2 fully saturated rings. The van der Waals surface area contributed by atoms with Gasteiger partial charge < -0.3 is 15.5 Å². The molecule has 0 saturated carbocycles. The summed E-state index contributed by atoms with van der Waals surface area (Å²) in [7, 11) is 1.82. The van der Waals surface area contributed by atoms with E-state index < -0.39 is 12.7 Å². The van der Waals surface area contributed by atoms with Gasteiger partial charge in [-0.1, -0.05) is 6.92 Å². The number of nitrogens with zero attached hydrogens (tertiary/aromatic N) is 4. The first-order valence-electron chi connectivity index (χ1n) is 13.5. The van der Waals surface area contributed by atoms with Gasteiger partial charge in [0.05, 0.1) is 29.9 Å². The van der Waals surface area contributed by atoms with Crippen molar-refractivity contribution >= 4 is 28.4 Å². The molecule has 2 aliphatic rings. The lowest BCUT2D eigenvalue weighted by molar-refractivity contribution is -0.147. The van der Waals surface area contributed by atoms with E-state index in [4.69, 9.17) is 0 Å². The molecule has 2 N–H and O–H groups in total. The number of alkyl halides is 3. The summed E-state index contributed by atoms with van der Waals surface area (Å²) in [4.78, 5) is 29.7. The zero-order valence-electron chi connectivity index (χ0n) is 22.9. The van der Waals surface area contributed by atoms with Crippen LogP contribution >= 0.6 is 0 Å². The minimum Gasteiger partial charge on any atom is -0.368 e. The molecule has 2 amide bonds. The predicted molar refractivity (Wildman–Crippen MR) is 141 cm³/mol. The number of hydrogen-bond acceptors (Lipinski definition) is 5. The van der Waals surface area contributed by atoms with Crippen LogP contribution in [0.3, 0.4) is 0 Å². The number of piperidine rings is 2. The lowest BCUT2D eigenvalue weighted by Gasteiger charge is -2.40. The van der Waals surface area contributed by atoms with Crippen LogP contribution in [0.2, 0.25) is 0 Å². The van der Waals surface area contributed by atoms with Gasteiger partial charge in [-0.3, -0.25) is 19.2 Å². The summed E-state index contributed by atoms with van der Waals surface area (Å²) in [5.74, 6) is -0.412. The van der Waals surface area contributed by atoms with Crippen molar-refractivity contribution in [3.63, 3.8) is 0 Å². The Bertz CT molecular complexity index is 1170. The van der Waals surface area contributed by atoms with Crippen LogP contribution in [0.5, 0.6) is 0 Å². The third kappa shape index (κ3) is 5.92. The molecule has 11 heteroatoms. The first kappa shape index (κ1) is 28.2. The molecule has 2 aliphatic heterocycles. The van der Waals surface area contributed by atoms with Gasteiger partial charge in [-0.2, -0.15) is 18.3 Å². The molecular weight excluding hydrogens is 497 g/mol. The minimum atomic E-state index is -4.20. The Kier molecular flexibility index (Phi) is 8.25. The number of nitrogens with one attached hydrogen (secondary N) is 2. The van der Waals surface area contributed by atoms with Gasteiger partial charge in [0.1, 0.15) is 0 Å². The number of aryl methyl sites for hydroxylation is 1. The van der Waals surface area contributed by atoms with Crippen molar-refractivity contribution in [1.82, 2.24) is 25.3 Å². The normalized spacial score (nSPS) is 23.5. The van der Waals surface area contributed by atoms with Crippen LogP contribution in [0.15, 0.2) is 12.3 Å². The summed E-state index contributed by atoms with van der Waals surface area (Å²) in [5.41, 5.74) is 3.02. The summed E-state index contributed by atoms with van der Waals surface area (Å²) in [6.45, 7) is 8.73. The third-order valence-corrected chi connectivity index (χ3v) is 8.17. The topological polar surface area (TPSA) is 82.5 Å². The number of hydrogen-bond donors (Lipinski definition) is 2. The number of amides is 2. The lowest BCUT2D eigenvalue weighted by atomic mass is 9.84. The molecule has 2 saturated heterocycles. The first-order chi connectivity index (χ1) is 17.9. The number of anilines is 1. The molecule has 0 spiro atoms. The van der Waals surface area contributed by atoms with E-state index in [1.165, 1.54) is 4.90 Å². The fourth-order valence-electron chi connectivity index (χ4n) is 6.20. The highest BCUT2D eigenvalue weighted by Gasteiger charge is 2.35. The summed E-state index contributed by atoms with van der Waals surface area (Å²) < 4.78 is 40.4. The average Bonchev–Trinajstić information content (AvgIpc) is 3.19. The number of aromatic nitrogens is 2. The Morgan fingerprint density at radius 2 is 1.95 bits per heavy atom. The summed E-state index contributed by atoms with van der Waals surface area (Å²) in [6, 6.07) is 2.02. The lowest BCUT2D eigenvalue weighted by Crippen LogP contribution is -2.50. The molecule has 0 aliphatic carbocycles. The Labute approximate surface area is 221 Å². The van der Waals surface area contributed by atoms with Crippen LogP contribution < -0.4 is 15.5 Å². The zero-order valence-corrected chi connectivity index (χ0v) is 22.9. The van der Waals surface area contributed by atoms with Crippen LogP contribution in [0, 0.1) is 18.8 Å². The van der Waals surface area contributed by atoms with Crippen molar-refractivity contribution in [2.75, 3.05) is 37.6 Å². The maximum absolute atomic E-state index is 13.5. The molecule has 2 aromatic rings. The summed E-state index contributed by atoms with van der Waals surface area (Å²) in [5, 5.41) is 11.3. The molecule has 1 aromatic carbocycles. The summed E-state index contributed by atoms with van der Waals surface area (Å²) >= 11 is 0. The molecule has 8 nitrogen and oxygen atoms in total. The molecular formula is C27H39F3N6O2. The fourth-order valence-corrected chi connectivity index (χ4v) is 6.20. The van der Waals surface area contributed by atoms with E-state index in [0.29, 0.717) is 38.0 Å². The van der Waals surface area contributed by atoms with E-state index >= 15 is 0 Å². The third-order valence-electron chi connectivity index (χ3n) is 8.17. The molecule has 3 heterocycles. The highest BCUT2D eigenvalue weighted by atomic mass is 19.4. The van der Waals surface area contributed by atoms with Crippen LogP contribution in [-0.4, -0.2) is 77.5 Å². The summed E-state index contributed by atoms with van der Waals surface area (Å²) in [6.07, 6.45) is -0.339. The van der Waals surface area contributed by atoms with Gasteiger partial charge in [0.2, 0.25) is 5.91 Å². The van der Waals surface area contributed by atoms with Gasteiger partial charge in [0.15, 0.2) is 0 Å². The minimum absolute atomic E-state index is 0.0370. The van der Waals surface area contributed by atoms with Crippen LogP contribution in [0.4, 0.5) is 18.9 Å². The van der Waals surface area contributed by atoms with Crippen molar-refractivity contribution in [3.8, 4) is 0 Å². The molecule has 3 atom stereocenters. The average molecular weight is 537 g/mol. The number of carbonyl (C=O) groups excluding carboxylic acids is 2.